The molecule has 1 amide bonds. The Morgan fingerprint density at radius 3 is 2.18 bits per heavy atom. The number of carbonyl (C=O) groups is 1. The highest BCUT2D eigenvalue weighted by Gasteiger charge is 2.45. The molecule has 3 unspecified atom stereocenters. The Balaban J connectivity index is 1.29. The highest BCUT2D eigenvalue weighted by atomic mass is 16.6. The predicted molar refractivity (Wildman–Crippen MR) is 181 cm³/mol. The normalized spacial score (nSPS) is 20.7. The minimum atomic E-state index is -1.11. The van der Waals surface area contributed by atoms with Gasteiger partial charge in [-0.15, -0.1) is 0 Å². The lowest BCUT2D eigenvalue weighted by Crippen LogP contribution is -2.41. The first-order chi connectivity index (χ1) is 21.8. The van der Waals surface area contributed by atoms with Crippen LogP contribution in [0.2, 0.25) is 0 Å². The minimum absolute atomic E-state index is 0.0000134. The average Bonchev–Trinajstić information content (AvgIpc) is 3.59. The maximum atomic E-state index is 13.6. The van der Waals surface area contributed by atoms with Gasteiger partial charge in [-0.2, -0.15) is 0 Å². The van der Waals surface area contributed by atoms with Crippen molar-refractivity contribution in [3.05, 3.63) is 155 Å². The molecule has 1 N–H and O–H groups in total. The first-order valence-electron chi connectivity index (χ1n) is 16.0. The Morgan fingerprint density at radius 2 is 1.56 bits per heavy atom. The summed E-state index contributed by atoms with van der Waals surface area (Å²) in [7, 11) is 0. The van der Waals surface area contributed by atoms with Crippen LogP contribution in [0.3, 0.4) is 0 Å². The zero-order chi connectivity index (χ0) is 31.4. The van der Waals surface area contributed by atoms with Gasteiger partial charge in [0.2, 0.25) is 0 Å². The van der Waals surface area contributed by atoms with Crippen molar-refractivity contribution < 1.29 is 14.6 Å². The van der Waals surface area contributed by atoms with Crippen LogP contribution in [-0.2, 0) is 16.7 Å². The van der Waals surface area contributed by atoms with Crippen LogP contribution >= 0.6 is 0 Å². The van der Waals surface area contributed by atoms with E-state index in [1.165, 1.54) is 5.56 Å². The van der Waals surface area contributed by atoms with Crippen LogP contribution in [0.5, 0.6) is 0 Å². The van der Waals surface area contributed by atoms with Crippen LogP contribution < -0.4 is 0 Å². The summed E-state index contributed by atoms with van der Waals surface area (Å²) in [5, 5.41) is 11.4. The largest absolute Gasteiger partial charge is 0.366 e. The third-order valence-electron chi connectivity index (χ3n) is 9.30. The van der Waals surface area contributed by atoms with Crippen LogP contribution in [0.15, 0.2) is 126 Å². The van der Waals surface area contributed by atoms with Gasteiger partial charge >= 0.3 is 0 Å². The van der Waals surface area contributed by atoms with E-state index in [9.17, 15) is 9.90 Å². The van der Waals surface area contributed by atoms with Gasteiger partial charge in [-0.25, -0.2) is 0 Å². The molecule has 0 saturated heterocycles. The lowest BCUT2D eigenvalue weighted by atomic mass is 9.86. The molecule has 1 heterocycles. The Bertz CT molecular complexity index is 1640. The number of amides is 1. The van der Waals surface area contributed by atoms with Gasteiger partial charge in [0.1, 0.15) is 5.54 Å². The zero-order valence-electron chi connectivity index (χ0n) is 26.4. The monoisotopic (exact) mass is 598 g/mol. The molecule has 0 saturated carbocycles. The van der Waals surface area contributed by atoms with Gasteiger partial charge < -0.3 is 14.7 Å². The lowest BCUT2D eigenvalue weighted by molar-refractivity contribution is -0.127. The van der Waals surface area contributed by atoms with Crippen molar-refractivity contribution >= 4 is 11.6 Å². The molecule has 6 rings (SSSR count). The van der Waals surface area contributed by atoms with E-state index in [-0.39, 0.29) is 11.8 Å². The third kappa shape index (κ3) is 6.15. The molecule has 1 aliphatic carbocycles. The molecule has 0 aromatic heterocycles. The lowest BCUT2D eigenvalue weighted by Gasteiger charge is -2.33. The van der Waals surface area contributed by atoms with Crippen LogP contribution in [0.4, 0.5) is 0 Å². The summed E-state index contributed by atoms with van der Waals surface area (Å²) in [6, 6.07) is 36.9. The molecule has 0 spiro atoms. The van der Waals surface area contributed by atoms with E-state index >= 15 is 0 Å². The molecule has 4 aromatic rings. The van der Waals surface area contributed by atoms with Gasteiger partial charge in [0.15, 0.2) is 6.29 Å². The second kappa shape index (κ2) is 13.0. The van der Waals surface area contributed by atoms with E-state index in [1.54, 1.807) is 0 Å². The SMILES string of the molecule is CCOC(O)C1(N=C(c2ccccc2)c2ccccc2)C=CC(c2ccc3c(c2)C(C)(C)N(CCCc2ccccc2)C3=O)C1. The number of aliphatic imine (C=N–C) groups is 1. The highest BCUT2D eigenvalue weighted by Crippen LogP contribution is 2.44. The Morgan fingerprint density at radius 1 is 0.933 bits per heavy atom. The third-order valence-corrected chi connectivity index (χ3v) is 9.30. The Labute approximate surface area is 266 Å². The van der Waals surface area contributed by atoms with Crippen molar-refractivity contribution in [3.8, 4) is 0 Å². The summed E-state index contributed by atoms with van der Waals surface area (Å²) >= 11 is 0. The summed E-state index contributed by atoms with van der Waals surface area (Å²) in [5.41, 5.74) is 5.61. The molecule has 0 radical (unpaired) electrons. The summed E-state index contributed by atoms with van der Waals surface area (Å²) in [4.78, 5) is 20.9. The maximum absolute atomic E-state index is 13.6. The molecule has 3 atom stereocenters. The first-order valence-corrected chi connectivity index (χ1v) is 16.0. The number of nitrogens with zero attached hydrogens (tertiary/aromatic N) is 2. The quantitative estimate of drug-likeness (QED) is 0.109. The molecule has 45 heavy (non-hydrogen) atoms. The van der Waals surface area contributed by atoms with Gasteiger partial charge in [-0.3, -0.25) is 9.79 Å². The standard InChI is InChI=1S/C40H42N2O3/c1-4-45-38(44)40(41-36(30-18-10-6-11-19-30)31-20-12-7-13-21-31)25-24-33(28-40)32-22-23-34-35(27-32)39(2,3)42(37(34)43)26-14-17-29-15-8-5-9-16-29/h5-13,15-16,18-25,27,33,38,44H,4,14,17,26,28H2,1-3H3. The van der Waals surface area contributed by atoms with Crippen molar-refractivity contribution in [2.75, 3.05) is 13.2 Å². The molecular formula is C40H42N2O3. The van der Waals surface area contributed by atoms with Crippen molar-refractivity contribution in [1.82, 2.24) is 4.90 Å². The fourth-order valence-corrected chi connectivity index (χ4v) is 6.82. The summed E-state index contributed by atoms with van der Waals surface area (Å²) in [6.07, 6.45) is 5.44. The second-order valence-corrected chi connectivity index (χ2v) is 12.6. The van der Waals surface area contributed by atoms with Gasteiger partial charge in [-0.1, -0.05) is 115 Å². The molecule has 230 valence electrons. The minimum Gasteiger partial charge on any atom is -0.366 e. The van der Waals surface area contributed by atoms with E-state index in [4.69, 9.17) is 9.73 Å². The number of fused-ring (bicyclic) bond motifs is 1. The van der Waals surface area contributed by atoms with Gasteiger partial charge in [0, 0.05) is 35.8 Å². The zero-order valence-corrected chi connectivity index (χ0v) is 26.4. The summed E-state index contributed by atoms with van der Waals surface area (Å²) < 4.78 is 5.84. The maximum Gasteiger partial charge on any atom is 0.254 e. The Hall–Kier alpha value is -4.32. The molecule has 1 aliphatic heterocycles. The molecule has 4 aromatic carbocycles. The fourth-order valence-electron chi connectivity index (χ4n) is 6.82. The summed E-state index contributed by atoms with van der Waals surface area (Å²) in [6.45, 7) is 7.25. The first kappa shape index (κ1) is 30.7. The Kier molecular flexibility index (Phi) is 8.84. The number of allylic oxidation sites excluding steroid dienone is 1. The molecule has 5 nitrogen and oxygen atoms in total. The number of ether oxygens (including phenoxy) is 1. The number of aliphatic hydroxyl groups excluding tert-OH is 1. The molecule has 5 heteroatoms. The van der Waals surface area contributed by atoms with Gasteiger partial charge in [-0.05, 0) is 62.8 Å². The smallest absolute Gasteiger partial charge is 0.254 e. The van der Waals surface area contributed by atoms with Gasteiger partial charge in [0.05, 0.1) is 11.3 Å². The van der Waals surface area contributed by atoms with E-state index in [0.717, 1.165) is 46.4 Å². The predicted octanol–water partition coefficient (Wildman–Crippen LogP) is 7.69. The van der Waals surface area contributed by atoms with E-state index in [1.807, 2.05) is 90.7 Å². The van der Waals surface area contributed by atoms with Crippen LogP contribution in [-0.4, -0.2) is 46.6 Å². The summed E-state index contributed by atoms with van der Waals surface area (Å²) in [5.74, 6) is 0.0950. The number of carbonyl (C=O) groups excluding carboxylic acids is 1. The molecular weight excluding hydrogens is 556 g/mol. The van der Waals surface area contributed by atoms with Crippen molar-refractivity contribution in [3.63, 3.8) is 0 Å². The molecule has 2 aliphatic rings. The van der Waals surface area contributed by atoms with Crippen LogP contribution in [0.25, 0.3) is 0 Å². The van der Waals surface area contributed by atoms with Crippen LogP contribution in [0.1, 0.15) is 77.7 Å². The van der Waals surface area contributed by atoms with E-state index < -0.39 is 17.4 Å². The highest BCUT2D eigenvalue weighted by molar-refractivity contribution is 6.13. The molecule has 0 bridgehead atoms. The van der Waals surface area contributed by atoms with E-state index in [0.29, 0.717) is 19.6 Å². The number of benzene rings is 4. The van der Waals surface area contributed by atoms with Crippen molar-refractivity contribution in [2.45, 2.75) is 63.3 Å². The van der Waals surface area contributed by atoms with Crippen LogP contribution in [0, 0.1) is 0 Å². The number of aryl methyl sites for hydroxylation is 1. The topological polar surface area (TPSA) is 62.1 Å². The molecule has 0 fully saturated rings. The average molecular weight is 599 g/mol. The van der Waals surface area contributed by atoms with Gasteiger partial charge in [0.25, 0.3) is 5.91 Å². The number of aliphatic hydroxyl groups is 1. The number of hydrogen-bond donors (Lipinski definition) is 1. The number of hydrogen-bond acceptors (Lipinski definition) is 4. The fraction of sp³-hybridized carbons (Fsp3) is 0.300. The van der Waals surface area contributed by atoms with Crippen molar-refractivity contribution in [1.29, 1.82) is 0 Å². The second-order valence-electron chi connectivity index (χ2n) is 12.6. The van der Waals surface area contributed by atoms with E-state index in [2.05, 4.69) is 56.3 Å². The van der Waals surface area contributed by atoms with Crippen molar-refractivity contribution in [2.24, 2.45) is 4.99 Å². The number of rotatable bonds is 11.